The molecule has 0 aromatic heterocycles. The molecule has 0 aliphatic carbocycles. The van der Waals surface area contributed by atoms with E-state index in [4.69, 9.17) is 32.9 Å². The molecule has 0 heterocycles. The van der Waals surface area contributed by atoms with Crippen molar-refractivity contribution in [2.45, 2.75) is 19.3 Å². The Bertz CT molecular complexity index is 625. The molecule has 0 spiro atoms. The number of benzene rings is 1. The van der Waals surface area contributed by atoms with E-state index < -0.39 is 58.6 Å². The first kappa shape index (κ1) is 5.95. The fraction of sp³-hybridized carbons (Fsp3) is 0.333. The van der Waals surface area contributed by atoms with Crippen LogP contribution in [-0.2, 0) is 16.8 Å². The molecule has 0 amide bonds. The molecule has 6 heteroatoms. The quantitative estimate of drug-likeness (QED) is 0.667. The third-order valence-corrected chi connectivity index (χ3v) is 0.872. The van der Waals surface area contributed by atoms with Gasteiger partial charge in [-0.15, -0.1) is 0 Å². The van der Waals surface area contributed by atoms with Gasteiger partial charge in [-0.3, -0.25) is 9.11 Å². The molecule has 0 saturated heterocycles. The van der Waals surface area contributed by atoms with Gasteiger partial charge in [0.05, 0.1) is 6.85 Å². The van der Waals surface area contributed by atoms with Gasteiger partial charge in [0, 0.05) is 8.78 Å². The molecule has 86 valence electrons. The molecule has 0 aliphatic rings. The normalized spacial score (nSPS) is 20.1. The van der Waals surface area contributed by atoms with Crippen molar-refractivity contribution >= 4 is 10.4 Å². The van der Waals surface area contributed by atoms with E-state index in [9.17, 15) is 0 Å². The molecule has 1 aromatic carbocycles. The maximum atomic E-state index is 8.74. The van der Waals surface area contributed by atoms with Crippen molar-refractivity contribution in [2.24, 2.45) is 5.73 Å². The van der Waals surface area contributed by atoms with Gasteiger partial charge in [0.1, 0.15) is 0 Å². The maximum absolute atomic E-state index is 8.74. The van der Waals surface area contributed by atoms with E-state index in [0.29, 0.717) is 0 Å². The zero-order chi connectivity index (χ0) is 18.0. The fourth-order valence-electron chi connectivity index (χ4n) is 0.550. The Morgan fingerprint density at radius 2 is 1.87 bits per heavy atom. The lowest BCUT2D eigenvalue weighted by Gasteiger charge is -2.02. The van der Waals surface area contributed by atoms with Crippen molar-refractivity contribution < 1.29 is 27.1 Å². The zero-order valence-corrected chi connectivity index (χ0v) is 8.59. The van der Waals surface area contributed by atoms with Crippen LogP contribution >= 0.6 is 0 Å². The molecule has 5 nitrogen and oxygen atoms in total. The van der Waals surface area contributed by atoms with E-state index in [1.807, 2.05) is 0 Å². The first-order valence-electron chi connectivity index (χ1n) is 7.15. The molecule has 1 atom stereocenters. The first-order chi connectivity index (χ1) is 9.62. The van der Waals surface area contributed by atoms with E-state index in [1.165, 1.54) is 6.92 Å². The lowest BCUT2D eigenvalue weighted by Crippen LogP contribution is -2.17. The predicted octanol–water partition coefficient (Wildman–Crippen LogP) is 0.924. The highest BCUT2D eigenvalue weighted by atomic mass is 32.3. The van der Waals surface area contributed by atoms with Gasteiger partial charge in [-0.1, -0.05) is 30.2 Å². The molecule has 15 heavy (non-hydrogen) atoms. The molecular formula is C9H15NO4S. The van der Waals surface area contributed by atoms with E-state index in [-0.39, 0.29) is 0 Å². The summed E-state index contributed by atoms with van der Waals surface area (Å²) in [6.07, 6.45) is -2.17. The number of hydrogen-bond acceptors (Lipinski definition) is 3. The Balaban J connectivity index is 0.000000763. The lowest BCUT2D eigenvalue weighted by atomic mass is 10.1. The maximum Gasteiger partial charge on any atom is 0.394 e. The minimum absolute atomic E-state index is 0.390. The summed E-state index contributed by atoms with van der Waals surface area (Å²) in [5, 5.41) is 0. The van der Waals surface area contributed by atoms with Crippen LogP contribution in [0.1, 0.15) is 22.1 Å². The second kappa shape index (κ2) is 6.52. The summed E-state index contributed by atoms with van der Waals surface area (Å²) < 4.78 is 84.6. The predicted molar refractivity (Wildman–Crippen MR) is 58.0 cm³/mol. The Hall–Kier alpha value is -0.950. The van der Waals surface area contributed by atoms with Crippen LogP contribution < -0.4 is 5.73 Å². The summed E-state index contributed by atoms with van der Waals surface area (Å²) >= 11 is 0. The van der Waals surface area contributed by atoms with Gasteiger partial charge in [-0.25, -0.2) is 0 Å². The van der Waals surface area contributed by atoms with Crippen molar-refractivity contribution in [3.05, 3.63) is 35.8 Å². The molecule has 0 radical (unpaired) electrons. The first-order valence-corrected chi connectivity index (χ1v) is 5.04. The van der Waals surface area contributed by atoms with Gasteiger partial charge in [0.25, 0.3) is 0 Å². The Morgan fingerprint density at radius 3 is 2.20 bits per heavy atom. The molecule has 1 aromatic rings. The molecule has 0 aliphatic heterocycles. The van der Waals surface area contributed by atoms with Crippen LogP contribution in [0.25, 0.3) is 0 Å². The van der Waals surface area contributed by atoms with Crippen LogP contribution in [0.2, 0.25) is 0 Å². The second-order valence-corrected chi connectivity index (χ2v) is 3.28. The van der Waals surface area contributed by atoms with E-state index in [0.717, 1.165) is 0 Å². The van der Waals surface area contributed by atoms with Gasteiger partial charge in [-0.05, 0) is 18.9 Å². The summed E-state index contributed by atoms with van der Waals surface area (Å²) in [5.41, 5.74) is 5.08. The summed E-state index contributed by atoms with van der Waals surface area (Å²) in [6, 6.07) is -3.71. The number of rotatable bonds is 2. The molecule has 0 saturated carbocycles. The van der Waals surface area contributed by atoms with Crippen molar-refractivity contribution in [3.63, 3.8) is 0 Å². The van der Waals surface area contributed by atoms with Crippen molar-refractivity contribution in [2.75, 3.05) is 0 Å². The molecular weight excluding hydrogens is 218 g/mol. The van der Waals surface area contributed by atoms with Crippen LogP contribution in [0.3, 0.4) is 0 Å². The largest absolute Gasteiger partial charge is 0.394 e. The van der Waals surface area contributed by atoms with E-state index in [2.05, 4.69) is 0 Å². The summed E-state index contributed by atoms with van der Waals surface area (Å²) in [4.78, 5) is 0. The Labute approximate surface area is 99.3 Å². The summed E-state index contributed by atoms with van der Waals surface area (Å²) in [5.74, 6) is 0. The SMILES string of the molecule is O=S(=O)(O)O.[2H]c1c([2H])c([2H])c(C([2H])([2H])C(C)N)c([2H])c1[2H]. The van der Waals surface area contributed by atoms with E-state index in [1.54, 1.807) is 0 Å². The third kappa shape index (κ3) is 13.1. The van der Waals surface area contributed by atoms with Crippen LogP contribution in [-0.4, -0.2) is 23.6 Å². The smallest absolute Gasteiger partial charge is 0.328 e. The standard InChI is InChI=1S/C9H13N.H2O4S/c1-8(10)7-9-5-3-2-4-6-9;1-5(2,3)4/h2-6,8H,7,10H2,1H3;(H2,1,2,3,4)/i2D,3D,4D,5D,6D,7D2;. The Morgan fingerprint density at radius 1 is 1.47 bits per heavy atom. The summed E-state index contributed by atoms with van der Waals surface area (Å²) in [7, 11) is -4.67. The van der Waals surface area contributed by atoms with Crippen LogP contribution in [0.5, 0.6) is 0 Å². The van der Waals surface area contributed by atoms with Gasteiger partial charge >= 0.3 is 10.4 Å². The van der Waals surface area contributed by atoms with Crippen molar-refractivity contribution in [1.82, 2.24) is 0 Å². The molecule has 0 fully saturated rings. The van der Waals surface area contributed by atoms with Gasteiger partial charge in [-0.2, -0.15) is 8.42 Å². The average Bonchev–Trinajstić information content (AvgIpc) is 2.31. The molecule has 4 N–H and O–H groups in total. The number of hydrogen-bond donors (Lipinski definition) is 3. The molecule has 0 bridgehead atoms. The second-order valence-electron chi connectivity index (χ2n) is 2.38. The fourth-order valence-corrected chi connectivity index (χ4v) is 0.550. The third-order valence-electron chi connectivity index (χ3n) is 0.872. The topological polar surface area (TPSA) is 101 Å². The molecule has 1 rings (SSSR count). The number of nitrogens with two attached hydrogens (primary N) is 1. The van der Waals surface area contributed by atoms with Crippen molar-refractivity contribution in [1.29, 1.82) is 0 Å². The zero-order valence-electron chi connectivity index (χ0n) is 14.8. The van der Waals surface area contributed by atoms with Gasteiger partial charge in [0.2, 0.25) is 0 Å². The highest BCUT2D eigenvalue weighted by Gasteiger charge is 1.94. The Kier molecular flexibility index (Phi) is 2.59. The van der Waals surface area contributed by atoms with Crippen LogP contribution in [0.15, 0.2) is 30.2 Å². The van der Waals surface area contributed by atoms with Gasteiger partial charge < -0.3 is 5.73 Å². The minimum atomic E-state index is -4.67. The molecule has 1 unspecified atom stereocenters. The van der Waals surface area contributed by atoms with Crippen LogP contribution in [0.4, 0.5) is 0 Å². The lowest BCUT2D eigenvalue weighted by molar-refractivity contribution is 0.381. The summed E-state index contributed by atoms with van der Waals surface area (Å²) in [6.45, 7) is 1.39. The van der Waals surface area contributed by atoms with Gasteiger partial charge in [0.15, 0.2) is 0 Å². The minimum Gasteiger partial charge on any atom is -0.328 e. The van der Waals surface area contributed by atoms with Crippen LogP contribution in [0, 0.1) is 0 Å². The highest BCUT2D eigenvalue weighted by Crippen LogP contribution is 2.00. The van der Waals surface area contributed by atoms with Crippen molar-refractivity contribution in [3.8, 4) is 0 Å². The van der Waals surface area contributed by atoms with E-state index >= 15 is 0 Å². The average molecular weight is 240 g/mol. The monoisotopic (exact) mass is 240 g/mol. The highest BCUT2D eigenvalue weighted by molar-refractivity contribution is 7.79.